The lowest BCUT2D eigenvalue weighted by atomic mass is 9.80. The summed E-state index contributed by atoms with van der Waals surface area (Å²) in [6.07, 6.45) is -7.16. The number of rotatable bonds is 4. The van der Waals surface area contributed by atoms with Crippen LogP contribution in [-0.4, -0.2) is 74.2 Å². The van der Waals surface area contributed by atoms with Gasteiger partial charge < -0.3 is 40.7 Å². The highest BCUT2D eigenvalue weighted by atomic mass is 16.6. The molecule has 0 unspecified atom stereocenters. The predicted molar refractivity (Wildman–Crippen MR) is 59.0 cm³/mol. The summed E-state index contributed by atoms with van der Waals surface area (Å²) < 4.78 is 5.05. The Hall–Kier alpha value is -0.810. The van der Waals surface area contributed by atoms with E-state index in [0.29, 0.717) is 0 Å². The van der Waals surface area contributed by atoms with Crippen molar-refractivity contribution in [1.29, 1.82) is 0 Å². The normalized spacial score (nSPS) is 32.1. The molecule has 1 heterocycles. The van der Waals surface area contributed by atoms with Gasteiger partial charge in [-0.25, -0.2) is 0 Å². The van der Waals surface area contributed by atoms with Gasteiger partial charge in [0.1, 0.15) is 6.10 Å². The Kier molecular flexibility index (Phi) is 5.62. The first-order chi connectivity index (χ1) is 8.75. The Morgan fingerprint density at radius 2 is 1.68 bits per heavy atom. The van der Waals surface area contributed by atoms with Gasteiger partial charge in [0.05, 0.1) is 12.6 Å². The molecule has 0 aromatic rings. The summed E-state index contributed by atoms with van der Waals surface area (Å²) in [5.74, 6) is -2.87. The van der Waals surface area contributed by atoms with Gasteiger partial charge >= 0.3 is 0 Å². The molecular formula is C10H19NO8. The SMILES string of the molecule is CC(=O)N[C@@H]1[C@H](C(O)O)[C@@H](C(O)O)CO[C@H]1C(O)O. The molecule has 0 saturated carbocycles. The molecule has 7 N–H and O–H groups in total. The highest BCUT2D eigenvalue weighted by Gasteiger charge is 2.48. The average Bonchev–Trinajstić information content (AvgIpc) is 2.26. The number of ether oxygens (including phenoxy) is 1. The Morgan fingerprint density at radius 3 is 2.05 bits per heavy atom. The Balaban J connectivity index is 3.03. The summed E-state index contributed by atoms with van der Waals surface area (Å²) in [7, 11) is 0. The van der Waals surface area contributed by atoms with Crippen molar-refractivity contribution in [3.05, 3.63) is 0 Å². The van der Waals surface area contributed by atoms with Crippen LogP contribution in [0, 0.1) is 11.8 Å². The third-order valence-corrected chi connectivity index (χ3v) is 3.14. The summed E-state index contributed by atoms with van der Waals surface area (Å²) in [5.41, 5.74) is 0. The second kappa shape index (κ2) is 6.57. The van der Waals surface area contributed by atoms with Crippen LogP contribution in [0.5, 0.6) is 0 Å². The van der Waals surface area contributed by atoms with Crippen LogP contribution in [0.4, 0.5) is 0 Å². The van der Waals surface area contributed by atoms with Gasteiger partial charge in [0.2, 0.25) is 5.91 Å². The standard InChI is InChI=1S/C10H19NO8/c1-3(12)11-6-5(9(15)16)4(8(13)14)2-19-7(6)10(17)18/h4-10,13-18H,2H2,1H3,(H,11,12)/t4-,5+,6+,7+/m0/s1. The maximum absolute atomic E-state index is 11.1. The summed E-state index contributed by atoms with van der Waals surface area (Å²) in [6, 6.07) is -1.18. The van der Waals surface area contributed by atoms with E-state index >= 15 is 0 Å². The van der Waals surface area contributed by atoms with Gasteiger partial charge in [0.25, 0.3) is 0 Å². The fourth-order valence-corrected chi connectivity index (χ4v) is 2.30. The molecule has 1 saturated heterocycles. The van der Waals surface area contributed by atoms with Crippen LogP contribution in [0.1, 0.15) is 6.92 Å². The van der Waals surface area contributed by atoms with E-state index < -0.39 is 48.8 Å². The largest absolute Gasteiger partial charge is 0.370 e. The summed E-state index contributed by atoms with van der Waals surface area (Å²) in [5, 5.41) is 57.7. The fourth-order valence-electron chi connectivity index (χ4n) is 2.30. The van der Waals surface area contributed by atoms with Crippen molar-refractivity contribution in [3.63, 3.8) is 0 Å². The van der Waals surface area contributed by atoms with E-state index in [2.05, 4.69) is 5.32 Å². The lowest BCUT2D eigenvalue weighted by molar-refractivity contribution is -0.252. The zero-order chi connectivity index (χ0) is 14.7. The van der Waals surface area contributed by atoms with Crippen molar-refractivity contribution >= 4 is 5.91 Å². The summed E-state index contributed by atoms with van der Waals surface area (Å²) in [4.78, 5) is 11.1. The Bertz CT molecular complexity index is 308. The van der Waals surface area contributed by atoms with Gasteiger partial charge in [-0.2, -0.15) is 0 Å². The van der Waals surface area contributed by atoms with Crippen LogP contribution in [0.15, 0.2) is 0 Å². The number of carbonyl (C=O) groups is 1. The van der Waals surface area contributed by atoms with Crippen LogP contribution in [0.25, 0.3) is 0 Å². The highest BCUT2D eigenvalue weighted by Crippen LogP contribution is 2.31. The molecule has 0 spiro atoms. The molecule has 19 heavy (non-hydrogen) atoms. The third-order valence-electron chi connectivity index (χ3n) is 3.14. The van der Waals surface area contributed by atoms with Crippen molar-refractivity contribution in [2.45, 2.75) is 37.9 Å². The van der Waals surface area contributed by atoms with Gasteiger partial charge in [-0.3, -0.25) is 4.79 Å². The molecule has 0 aliphatic carbocycles. The number of amides is 1. The highest BCUT2D eigenvalue weighted by molar-refractivity contribution is 5.73. The molecule has 4 atom stereocenters. The van der Waals surface area contributed by atoms with E-state index in [9.17, 15) is 35.4 Å². The zero-order valence-corrected chi connectivity index (χ0v) is 10.2. The quantitative estimate of drug-likeness (QED) is 0.257. The molecule has 1 fully saturated rings. The summed E-state index contributed by atoms with van der Waals surface area (Å²) in [6.45, 7) is 0.832. The van der Waals surface area contributed by atoms with Crippen LogP contribution < -0.4 is 5.32 Å². The van der Waals surface area contributed by atoms with E-state index in [1.165, 1.54) is 0 Å². The molecule has 1 aliphatic rings. The minimum atomic E-state index is -1.99. The number of hydrogen-bond donors (Lipinski definition) is 7. The maximum Gasteiger partial charge on any atom is 0.217 e. The zero-order valence-electron chi connectivity index (χ0n) is 10.2. The molecule has 0 radical (unpaired) electrons. The number of carbonyl (C=O) groups excluding carboxylic acids is 1. The van der Waals surface area contributed by atoms with Crippen LogP contribution in [0.3, 0.4) is 0 Å². The van der Waals surface area contributed by atoms with Crippen LogP contribution in [0.2, 0.25) is 0 Å². The molecule has 9 heteroatoms. The Labute approximate surface area is 109 Å². The van der Waals surface area contributed by atoms with Crippen molar-refractivity contribution in [1.82, 2.24) is 5.32 Å². The minimum absolute atomic E-state index is 0.321. The molecule has 112 valence electrons. The molecule has 0 bridgehead atoms. The first kappa shape index (κ1) is 16.2. The molecule has 1 amide bonds. The van der Waals surface area contributed by atoms with Gasteiger partial charge in [0, 0.05) is 18.8 Å². The lowest BCUT2D eigenvalue weighted by Gasteiger charge is -2.44. The first-order valence-corrected chi connectivity index (χ1v) is 5.72. The fraction of sp³-hybridized carbons (Fsp3) is 0.900. The number of aliphatic hydroxyl groups excluding tert-OH is 3. The lowest BCUT2D eigenvalue weighted by Crippen LogP contribution is -2.63. The molecule has 0 aromatic carbocycles. The van der Waals surface area contributed by atoms with Crippen LogP contribution >= 0.6 is 0 Å². The Morgan fingerprint density at radius 1 is 1.11 bits per heavy atom. The van der Waals surface area contributed by atoms with Gasteiger partial charge in [-0.1, -0.05) is 0 Å². The second-order valence-corrected chi connectivity index (χ2v) is 4.51. The number of hydrogen-bond acceptors (Lipinski definition) is 8. The van der Waals surface area contributed by atoms with Crippen molar-refractivity contribution < 1.29 is 40.2 Å². The molecule has 9 nitrogen and oxygen atoms in total. The maximum atomic E-state index is 11.1. The molecule has 1 aliphatic heterocycles. The van der Waals surface area contributed by atoms with E-state index in [4.69, 9.17) is 4.74 Å². The van der Waals surface area contributed by atoms with Crippen LogP contribution in [-0.2, 0) is 9.53 Å². The average molecular weight is 281 g/mol. The van der Waals surface area contributed by atoms with E-state index in [1.807, 2.05) is 0 Å². The monoisotopic (exact) mass is 281 g/mol. The minimum Gasteiger partial charge on any atom is -0.370 e. The molecular weight excluding hydrogens is 262 g/mol. The van der Waals surface area contributed by atoms with Gasteiger partial charge in [-0.15, -0.1) is 0 Å². The first-order valence-electron chi connectivity index (χ1n) is 5.72. The van der Waals surface area contributed by atoms with E-state index in [1.54, 1.807) is 0 Å². The van der Waals surface area contributed by atoms with E-state index in [0.717, 1.165) is 6.92 Å². The van der Waals surface area contributed by atoms with Crippen molar-refractivity contribution in [2.75, 3.05) is 6.61 Å². The predicted octanol–water partition coefficient (Wildman–Crippen LogP) is -3.95. The smallest absolute Gasteiger partial charge is 0.217 e. The topological polar surface area (TPSA) is 160 Å². The second-order valence-electron chi connectivity index (χ2n) is 4.51. The van der Waals surface area contributed by atoms with Crippen molar-refractivity contribution in [2.24, 2.45) is 11.8 Å². The van der Waals surface area contributed by atoms with E-state index in [-0.39, 0.29) is 6.61 Å². The van der Waals surface area contributed by atoms with Gasteiger partial charge in [0.15, 0.2) is 18.9 Å². The number of nitrogens with one attached hydrogen (secondary N) is 1. The molecule has 0 aromatic heterocycles. The summed E-state index contributed by atoms with van der Waals surface area (Å²) >= 11 is 0. The van der Waals surface area contributed by atoms with Gasteiger partial charge in [-0.05, 0) is 0 Å². The molecule has 1 rings (SSSR count). The van der Waals surface area contributed by atoms with Crippen molar-refractivity contribution in [3.8, 4) is 0 Å². The third kappa shape index (κ3) is 3.83. The number of aliphatic hydroxyl groups is 6.